The molecule has 0 N–H and O–H groups in total. The lowest BCUT2D eigenvalue weighted by atomic mass is 10.0. The highest BCUT2D eigenvalue weighted by atomic mass is 35.5. The largest absolute Gasteiger partial charge is 0.339 e. The maximum absolute atomic E-state index is 13.1. The number of carbonyl (C=O) groups is 3. The second-order valence-electron chi connectivity index (χ2n) is 6.96. The molecule has 0 aliphatic carbocycles. The zero-order valence-electron chi connectivity index (χ0n) is 15.1. The van der Waals surface area contributed by atoms with E-state index < -0.39 is 17.4 Å². The Morgan fingerprint density at radius 2 is 1.56 bits per heavy atom. The topological polar surface area (TPSA) is 57.7 Å². The van der Waals surface area contributed by atoms with E-state index in [2.05, 4.69) is 0 Å². The van der Waals surface area contributed by atoms with Crippen molar-refractivity contribution in [3.05, 3.63) is 69.2 Å². The van der Waals surface area contributed by atoms with Gasteiger partial charge in [0.05, 0.1) is 21.2 Å². The number of halogens is 2. The van der Waals surface area contributed by atoms with Crippen molar-refractivity contribution in [2.24, 2.45) is 0 Å². The first-order valence-corrected chi connectivity index (χ1v) is 9.07. The van der Waals surface area contributed by atoms with Crippen LogP contribution in [0.15, 0.2) is 42.5 Å². The third-order valence-corrected chi connectivity index (χ3v) is 5.37. The molecule has 1 aliphatic rings. The highest BCUT2D eigenvalue weighted by molar-refractivity contribution is 6.42. The zero-order chi connectivity index (χ0) is 19.9. The molecule has 5 nitrogen and oxygen atoms in total. The first-order valence-electron chi connectivity index (χ1n) is 8.32. The summed E-state index contributed by atoms with van der Waals surface area (Å²) in [7, 11) is 1.62. The summed E-state index contributed by atoms with van der Waals surface area (Å²) in [6.07, 6.45) is 0. The average Bonchev–Trinajstić information content (AvgIpc) is 2.89. The number of hydrogen-bond acceptors (Lipinski definition) is 3. The second-order valence-corrected chi connectivity index (χ2v) is 7.77. The molecule has 0 unspecified atom stereocenters. The summed E-state index contributed by atoms with van der Waals surface area (Å²) in [5, 5.41) is 0.829. The first kappa shape index (κ1) is 19.4. The Morgan fingerprint density at radius 3 is 2.07 bits per heavy atom. The molecule has 7 heteroatoms. The summed E-state index contributed by atoms with van der Waals surface area (Å²) in [4.78, 5) is 41.0. The highest BCUT2D eigenvalue weighted by Crippen LogP contribution is 2.31. The van der Waals surface area contributed by atoms with E-state index in [9.17, 15) is 14.4 Å². The van der Waals surface area contributed by atoms with Crippen LogP contribution in [0.25, 0.3) is 0 Å². The Bertz CT molecular complexity index is 921. The van der Waals surface area contributed by atoms with Crippen LogP contribution in [0.3, 0.4) is 0 Å². The molecule has 1 heterocycles. The van der Waals surface area contributed by atoms with Crippen molar-refractivity contribution in [3.63, 3.8) is 0 Å². The molecule has 0 aromatic heterocycles. The number of hydrogen-bond donors (Lipinski definition) is 0. The van der Waals surface area contributed by atoms with Gasteiger partial charge in [0.25, 0.3) is 11.8 Å². The first-order chi connectivity index (χ1) is 12.6. The van der Waals surface area contributed by atoms with Crippen LogP contribution in [0.4, 0.5) is 0 Å². The third-order valence-electron chi connectivity index (χ3n) is 4.63. The van der Waals surface area contributed by atoms with Crippen molar-refractivity contribution >= 4 is 40.9 Å². The number of imide groups is 1. The fraction of sp³-hybridized carbons (Fsp3) is 0.250. The van der Waals surface area contributed by atoms with Crippen LogP contribution in [0.1, 0.15) is 40.1 Å². The lowest BCUT2D eigenvalue weighted by Gasteiger charge is -2.35. The van der Waals surface area contributed by atoms with Crippen LogP contribution in [0.5, 0.6) is 0 Å². The summed E-state index contributed by atoms with van der Waals surface area (Å²) in [5.74, 6) is -1.28. The fourth-order valence-corrected chi connectivity index (χ4v) is 3.56. The molecule has 0 fully saturated rings. The standard InChI is InChI=1S/C20H18Cl2N2O3/c1-20(2,24-17(25)13-6-4-5-7-14(13)18(24)26)19(27)23(3)11-12-8-9-15(21)16(22)10-12/h4-10H,11H2,1-3H3. The van der Waals surface area contributed by atoms with Gasteiger partial charge in [0.2, 0.25) is 5.91 Å². The van der Waals surface area contributed by atoms with Crippen LogP contribution >= 0.6 is 23.2 Å². The maximum Gasteiger partial charge on any atom is 0.262 e. The lowest BCUT2D eigenvalue weighted by Crippen LogP contribution is -2.57. The molecule has 0 radical (unpaired) electrons. The summed E-state index contributed by atoms with van der Waals surface area (Å²) in [6.45, 7) is 3.41. The number of amides is 3. The highest BCUT2D eigenvalue weighted by Gasteiger charge is 2.48. The minimum absolute atomic E-state index is 0.266. The van der Waals surface area contributed by atoms with Gasteiger partial charge in [-0.3, -0.25) is 19.3 Å². The number of fused-ring (bicyclic) bond motifs is 1. The van der Waals surface area contributed by atoms with Crippen LogP contribution < -0.4 is 0 Å². The van der Waals surface area contributed by atoms with Crippen molar-refractivity contribution < 1.29 is 14.4 Å². The van der Waals surface area contributed by atoms with Gasteiger partial charge in [-0.05, 0) is 43.7 Å². The fourth-order valence-electron chi connectivity index (χ4n) is 3.24. The van der Waals surface area contributed by atoms with Crippen molar-refractivity contribution in [1.82, 2.24) is 9.80 Å². The summed E-state index contributed by atoms with van der Waals surface area (Å²) in [6, 6.07) is 11.7. The van der Waals surface area contributed by atoms with Gasteiger partial charge in [0, 0.05) is 13.6 Å². The van der Waals surface area contributed by atoms with Crippen molar-refractivity contribution in [2.75, 3.05) is 7.05 Å². The minimum Gasteiger partial charge on any atom is -0.339 e. The Hall–Kier alpha value is -2.37. The molecular weight excluding hydrogens is 387 g/mol. The second kappa shape index (κ2) is 6.98. The molecule has 140 valence electrons. The van der Waals surface area contributed by atoms with Gasteiger partial charge in [-0.25, -0.2) is 0 Å². The smallest absolute Gasteiger partial charge is 0.262 e. The number of benzene rings is 2. The van der Waals surface area contributed by atoms with Gasteiger partial charge in [-0.15, -0.1) is 0 Å². The van der Waals surface area contributed by atoms with Crippen molar-refractivity contribution in [1.29, 1.82) is 0 Å². The van der Waals surface area contributed by atoms with Gasteiger partial charge in [0.1, 0.15) is 5.54 Å². The van der Waals surface area contributed by atoms with Gasteiger partial charge in [-0.2, -0.15) is 0 Å². The van der Waals surface area contributed by atoms with Crippen LogP contribution in [-0.2, 0) is 11.3 Å². The Balaban J connectivity index is 1.84. The van der Waals surface area contributed by atoms with E-state index in [-0.39, 0.29) is 12.5 Å². The normalized spacial score (nSPS) is 13.7. The summed E-state index contributed by atoms with van der Waals surface area (Å²) < 4.78 is 0. The molecule has 0 spiro atoms. The van der Waals surface area contributed by atoms with E-state index in [4.69, 9.17) is 23.2 Å². The molecule has 0 bridgehead atoms. The van der Waals surface area contributed by atoms with Crippen LogP contribution in [-0.4, -0.2) is 40.1 Å². The average molecular weight is 405 g/mol. The monoisotopic (exact) mass is 404 g/mol. The van der Waals surface area contributed by atoms with Crippen molar-refractivity contribution in [3.8, 4) is 0 Å². The summed E-state index contributed by atoms with van der Waals surface area (Å²) >= 11 is 11.9. The number of rotatable bonds is 4. The minimum atomic E-state index is -1.34. The molecule has 0 atom stereocenters. The van der Waals surface area contributed by atoms with Gasteiger partial charge < -0.3 is 4.90 Å². The summed E-state index contributed by atoms with van der Waals surface area (Å²) in [5.41, 5.74) is 0.0856. The maximum atomic E-state index is 13.1. The molecule has 0 saturated carbocycles. The van der Waals surface area contributed by atoms with E-state index in [1.54, 1.807) is 63.4 Å². The van der Waals surface area contributed by atoms with Gasteiger partial charge >= 0.3 is 0 Å². The lowest BCUT2D eigenvalue weighted by molar-refractivity contribution is -0.139. The molecule has 3 rings (SSSR count). The third kappa shape index (κ3) is 3.33. The van der Waals surface area contributed by atoms with E-state index in [0.717, 1.165) is 10.5 Å². The quantitative estimate of drug-likeness (QED) is 0.722. The Kier molecular flexibility index (Phi) is 5.02. The SMILES string of the molecule is CN(Cc1ccc(Cl)c(Cl)c1)C(=O)C(C)(C)N1C(=O)c2ccccc2C1=O. The molecule has 1 aliphatic heterocycles. The zero-order valence-corrected chi connectivity index (χ0v) is 16.6. The number of carbonyl (C=O) groups excluding carboxylic acids is 3. The van der Waals surface area contributed by atoms with E-state index in [1.165, 1.54) is 4.90 Å². The molecule has 3 amide bonds. The molecule has 0 saturated heterocycles. The van der Waals surface area contributed by atoms with Gasteiger partial charge in [-0.1, -0.05) is 41.4 Å². The van der Waals surface area contributed by atoms with E-state index in [0.29, 0.717) is 21.2 Å². The molecule has 2 aromatic carbocycles. The molecule has 27 heavy (non-hydrogen) atoms. The van der Waals surface area contributed by atoms with Crippen LogP contribution in [0, 0.1) is 0 Å². The number of likely N-dealkylation sites (N-methyl/N-ethyl adjacent to an activating group) is 1. The Labute approximate surface area is 167 Å². The predicted molar refractivity (Wildman–Crippen MR) is 104 cm³/mol. The van der Waals surface area contributed by atoms with E-state index in [1.807, 2.05) is 0 Å². The Morgan fingerprint density at radius 1 is 1.00 bits per heavy atom. The van der Waals surface area contributed by atoms with Gasteiger partial charge in [0.15, 0.2) is 0 Å². The van der Waals surface area contributed by atoms with Crippen molar-refractivity contribution in [2.45, 2.75) is 25.9 Å². The van der Waals surface area contributed by atoms with E-state index >= 15 is 0 Å². The van der Waals surface area contributed by atoms with Crippen LogP contribution in [0.2, 0.25) is 10.0 Å². The molecular formula is C20H18Cl2N2O3. The number of nitrogens with zero attached hydrogens (tertiary/aromatic N) is 2. The molecule has 2 aromatic rings. The predicted octanol–water partition coefficient (Wildman–Crippen LogP) is 4.03.